The Morgan fingerprint density at radius 2 is 2.20 bits per heavy atom. The van der Waals surface area contributed by atoms with Crippen LogP contribution >= 0.6 is 0 Å². The molecule has 0 aliphatic heterocycles. The standard InChI is InChI=1S/C8H16N6O/c1-8(2,3)10-6(15)4-5-14-7(9)11-12-13-14/h4-5H2,1-3H3,(H,10,15)(H2,9,11,13). The predicted octanol–water partition coefficient (Wildman–Crippen LogP) is -0.440. The van der Waals surface area contributed by atoms with Crippen molar-refractivity contribution in [3.8, 4) is 0 Å². The minimum Gasteiger partial charge on any atom is -0.367 e. The fourth-order valence-corrected chi connectivity index (χ4v) is 1.06. The zero-order valence-corrected chi connectivity index (χ0v) is 9.19. The molecular weight excluding hydrogens is 196 g/mol. The summed E-state index contributed by atoms with van der Waals surface area (Å²) in [7, 11) is 0. The van der Waals surface area contributed by atoms with Gasteiger partial charge in [0.1, 0.15) is 0 Å². The van der Waals surface area contributed by atoms with E-state index in [0.717, 1.165) is 0 Å². The second-order valence-electron chi connectivity index (χ2n) is 4.31. The van der Waals surface area contributed by atoms with Crippen molar-refractivity contribution in [2.75, 3.05) is 5.73 Å². The highest BCUT2D eigenvalue weighted by molar-refractivity contribution is 5.76. The largest absolute Gasteiger partial charge is 0.367 e. The molecule has 3 N–H and O–H groups in total. The van der Waals surface area contributed by atoms with Gasteiger partial charge < -0.3 is 11.1 Å². The number of anilines is 1. The molecule has 1 aromatic heterocycles. The fourth-order valence-electron chi connectivity index (χ4n) is 1.06. The maximum Gasteiger partial charge on any atom is 0.240 e. The molecule has 0 saturated heterocycles. The number of hydrogen-bond acceptors (Lipinski definition) is 5. The average Bonchev–Trinajstić information content (AvgIpc) is 2.44. The van der Waals surface area contributed by atoms with Crippen LogP contribution in [0.5, 0.6) is 0 Å². The minimum atomic E-state index is -0.219. The molecule has 0 aliphatic rings. The van der Waals surface area contributed by atoms with Crippen LogP contribution in [0.15, 0.2) is 0 Å². The van der Waals surface area contributed by atoms with Gasteiger partial charge in [0.2, 0.25) is 11.9 Å². The van der Waals surface area contributed by atoms with Crippen molar-refractivity contribution in [3.05, 3.63) is 0 Å². The molecule has 1 amide bonds. The van der Waals surface area contributed by atoms with E-state index in [0.29, 0.717) is 13.0 Å². The maximum absolute atomic E-state index is 11.4. The minimum absolute atomic E-state index is 0.0441. The van der Waals surface area contributed by atoms with Gasteiger partial charge in [0.25, 0.3) is 0 Å². The Morgan fingerprint density at radius 1 is 1.53 bits per heavy atom. The number of aromatic nitrogens is 4. The molecule has 7 nitrogen and oxygen atoms in total. The van der Waals surface area contributed by atoms with E-state index in [1.807, 2.05) is 20.8 Å². The van der Waals surface area contributed by atoms with Gasteiger partial charge >= 0.3 is 0 Å². The zero-order chi connectivity index (χ0) is 11.5. The summed E-state index contributed by atoms with van der Waals surface area (Å²) in [5.41, 5.74) is 5.23. The van der Waals surface area contributed by atoms with Gasteiger partial charge in [-0.2, -0.15) is 0 Å². The molecule has 0 atom stereocenters. The summed E-state index contributed by atoms with van der Waals surface area (Å²) in [4.78, 5) is 11.4. The molecule has 0 radical (unpaired) electrons. The zero-order valence-electron chi connectivity index (χ0n) is 9.19. The molecule has 0 saturated carbocycles. The quantitative estimate of drug-likeness (QED) is 0.707. The van der Waals surface area contributed by atoms with E-state index in [4.69, 9.17) is 5.73 Å². The topological polar surface area (TPSA) is 98.7 Å². The first-order chi connectivity index (χ1) is 6.88. The van der Waals surface area contributed by atoms with Gasteiger partial charge in [-0.3, -0.25) is 4.79 Å². The van der Waals surface area contributed by atoms with Gasteiger partial charge in [-0.25, -0.2) is 4.68 Å². The Bertz CT molecular complexity index is 339. The Labute approximate surface area is 88.0 Å². The number of nitrogen functional groups attached to an aromatic ring is 1. The SMILES string of the molecule is CC(C)(C)NC(=O)CCn1nnnc1N. The number of nitrogens with one attached hydrogen (secondary N) is 1. The van der Waals surface area contributed by atoms with E-state index in [1.165, 1.54) is 4.68 Å². The van der Waals surface area contributed by atoms with E-state index in [9.17, 15) is 4.79 Å². The number of rotatable bonds is 3. The second-order valence-corrected chi connectivity index (χ2v) is 4.31. The van der Waals surface area contributed by atoms with Crippen molar-refractivity contribution in [1.82, 2.24) is 25.5 Å². The number of carbonyl (C=O) groups excluding carboxylic acids is 1. The van der Waals surface area contributed by atoms with Crippen LogP contribution in [0.2, 0.25) is 0 Å². The Kier molecular flexibility index (Phi) is 3.23. The first-order valence-corrected chi connectivity index (χ1v) is 4.71. The highest BCUT2D eigenvalue weighted by Crippen LogP contribution is 2.00. The lowest BCUT2D eigenvalue weighted by Crippen LogP contribution is -2.40. The molecular formula is C8H16N6O. The summed E-state index contributed by atoms with van der Waals surface area (Å²) in [6.07, 6.45) is 0.312. The Hall–Kier alpha value is -1.66. The molecule has 1 rings (SSSR count). The molecule has 1 aromatic rings. The van der Waals surface area contributed by atoms with Gasteiger partial charge in [0, 0.05) is 12.0 Å². The van der Waals surface area contributed by atoms with Crippen LogP contribution in [0, 0.1) is 0 Å². The molecule has 0 fully saturated rings. The number of nitrogens with zero attached hydrogens (tertiary/aromatic N) is 4. The van der Waals surface area contributed by atoms with Crippen LogP contribution in [0.25, 0.3) is 0 Å². The molecule has 0 spiro atoms. The van der Waals surface area contributed by atoms with Crippen molar-refractivity contribution in [3.63, 3.8) is 0 Å². The van der Waals surface area contributed by atoms with Crippen molar-refractivity contribution in [1.29, 1.82) is 0 Å². The number of hydrogen-bond donors (Lipinski definition) is 2. The number of nitrogens with two attached hydrogens (primary N) is 1. The van der Waals surface area contributed by atoms with E-state index < -0.39 is 0 Å². The summed E-state index contributed by atoms with van der Waals surface area (Å²) in [6, 6.07) is 0. The van der Waals surface area contributed by atoms with Gasteiger partial charge in [-0.05, 0) is 31.2 Å². The molecule has 7 heteroatoms. The lowest BCUT2D eigenvalue weighted by atomic mass is 10.1. The summed E-state index contributed by atoms with van der Waals surface area (Å²) in [5, 5.41) is 13.4. The van der Waals surface area contributed by atoms with E-state index in [2.05, 4.69) is 20.8 Å². The third-order valence-corrected chi connectivity index (χ3v) is 1.62. The average molecular weight is 212 g/mol. The molecule has 0 aromatic carbocycles. The van der Waals surface area contributed by atoms with Crippen molar-refractivity contribution in [2.45, 2.75) is 39.3 Å². The molecule has 0 aliphatic carbocycles. The number of aryl methyl sites for hydroxylation is 1. The highest BCUT2D eigenvalue weighted by Gasteiger charge is 2.13. The highest BCUT2D eigenvalue weighted by atomic mass is 16.1. The van der Waals surface area contributed by atoms with E-state index >= 15 is 0 Å². The molecule has 0 unspecified atom stereocenters. The van der Waals surface area contributed by atoms with Crippen LogP contribution in [-0.4, -0.2) is 31.7 Å². The van der Waals surface area contributed by atoms with Crippen LogP contribution < -0.4 is 11.1 Å². The third kappa shape index (κ3) is 3.92. The Morgan fingerprint density at radius 3 is 2.67 bits per heavy atom. The van der Waals surface area contributed by atoms with Gasteiger partial charge in [0.15, 0.2) is 0 Å². The van der Waals surface area contributed by atoms with Gasteiger partial charge in [0.05, 0.1) is 6.54 Å². The smallest absolute Gasteiger partial charge is 0.240 e. The van der Waals surface area contributed by atoms with Crippen LogP contribution in [0.3, 0.4) is 0 Å². The van der Waals surface area contributed by atoms with Crippen LogP contribution in [0.1, 0.15) is 27.2 Å². The first-order valence-electron chi connectivity index (χ1n) is 4.71. The lowest BCUT2D eigenvalue weighted by Gasteiger charge is -2.20. The van der Waals surface area contributed by atoms with E-state index in [-0.39, 0.29) is 17.4 Å². The maximum atomic E-state index is 11.4. The van der Waals surface area contributed by atoms with Crippen molar-refractivity contribution >= 4 is 11.9 Å². The number of tetrazole rings is 1. The monoisotopic (exact) mass is 212 g/mol. The summed E-state index contributed by atoms with van der Waals surface area (Å²) >= 11 is 0. The summed E-state index contributed by atoms with van der Waals surface area (Å²) < 4.78 is 1.39. The third-order valence-electron chi connectivity index (χ3n) is 1.62. The summed E-state index contributed by atoms with van der Waals surface area (Å²) in [6.45, 7) is 6.17. The van der Waals surface area contributed by atoms with E-state index in [1.54, 1.807) is 0 Å². The number of amides is 1. The first kappa shape index (κ1) is 11.4. The van der Waals surface area contributed by atoms with Crippen molar-refractivity contribution in [2.24, 2.45) is 0 Å². The fraction of sp³-hybridized carbons (Fsp3) is 0.750. The number of carbonyl (C=O) groups is 1. The normalized spacial score (nSPS) is 11.4. The Balaban J connectivity index is 2.38. The molecule has 1 heterocycles. The lowest BCUT2D eigenvalue weighted by molar-refractivity contribution is -0.122. The molecule has 0 bridgehead atoms. The van der Waals surface area contributed by atoms with Gasteiger partial charge in [-0.15, -0.1) is 0 Å². The van der Waals surface area contributed by atoms with Gasteiger partial charge in [-0.1, -0.05) is 5.10 Å². The predicted molar refractivity (Wildman–Crippen MR) is 54.7 cm³/mol. The van der Waals surface area contributed by atoms with Crippen LogP contribution in [0.4, 0.5) is 5.95 Å². The summed E-state index contributed by atoms with van der Waals surface area (Å²) in [5.74, 6) is 0.177. The molecule has 15 heavy (non-hydrogen) atoms. The van der Waals surface area contributed by atoms with Crippen molar-refractivity contribution < 1.29 is 4.79 Å². The molecule has 84 valence electrons. The second kappa shape index (κ2) is 4.24. The van der Waals surface area contributed by atoms with Crippen LogP contribution in [-0.2, 0) is 11.3 Å².